The summed E-state index contributed by atoms with van der Waals surface area (Å²) in [6, 6.07) is 22.9. The number of fused-ring (bicyclic) bond motifs is 1. The van der Waals surface area contributed by atoms with Crippen LogP contribution in [0.25, 0.3) is 11.0 Å². The van der Waals surface area contributed by atoms with Gasteiger partial charge in [-0.3, -0.25) is 9.69 Å². The first-order valence-electron chi connectivity index (χ1n) is 10.7. The quantitative estimate of drug-likeness (QED) is 0.470. The van der Waals surface area contributed by atoms with Crippen LogP contribution in [0.4, 0.5) is 10.1 Å². The molecule has 1 aromatic heterocycles. The van der Waals surface area contributed by atoms with Crippen molar-refractivity contribution in [2.24, 2.45) is 0 Å². The second-order valence-electron chi connectivity index (χ2n) is 7.76. The minimum absolute atomic E-state index is 0.210. The number of benzene rings is 3. The molecule has 0 saturated carbocycles. The molecule has 0 unspecified atom stereocenters. The molecule has 1 aliphatic rings. The Balaban J connectivity index is 1.63. The van der Waals surface area contributed by atoms with E-state index in [1.807, 2.05) is 42.5 Å². The molecule has 162 valence electrons. The van der Waals surface area contributed by atoms with E-state index in [9.17, 15) is 9.18 Å². The lowest BCUT2D eigenvalue weighted by Gasteiger charge is -2.34. The minimum Gasteiger partial charge on any atom is -0.457 e. The summed E-state index contributed by atoms with van der Waals surface area (Å²) in [6.45, 7) is 2.60. The molecule has 0 aliphatic carbocycles. The van der Waals surface area contributed by atoms with E-state index in [0.29, 0.717) is 48.9 Å². The third kappa shape index (κ3) is 4.02. The van der Waals surface area contributed by atoms with E-state index < -0.39 is 0 Å². The monoisotopic (exact) mass is 430 g/mol. The molecular formula is C26H23FN2O3. The summed E-state index contributed by atoms with van der Waals surface area (Å²) >= 11 is 0. The van der Waals surface area contributed by atoms with Gasteiger partial charge in [-0.1, -0.05) is 42.5 Å². The number of halogens is 1. The SMILES string of the molecule is O=C(Nc1c([C@H](c2ccc(F)cc2)N2CCOCC2)oc2ccccc12)c1ccccc1. The van der Waals surface area contributed by atoms with Gasteiger partial charge in [0, 0.05) is 24.0 Å². The number of hydrogen-bond acceptors (Lipinski definition) is 4. The van der Waals surface area contributed by atoms with Crippen molar-refractivity contribution in [3.8, 4) is 0 Å². The Kier molecular flexibility index (Phi) is 5.71. The Bertz CT molecular complexity index is 1220. The van der Waals surface area contributed by atoms with Crippen LogP contribution >= 0.6 is 0 Å². The van der Waals surface area contributed by atoms with Crippen LogP contribution in [-0.4, -0.2) is 37.1 Å². The van der Waals surface area contributed by atoms with Crippen LogP contribution in [0.3, 0.4) is 0 Å². The summed E-state index contributed by atoms with van der Waals surface area (Å²) in [6.07, 6.45) is 0. The molecule has 0 bridgehead atoms. The van der Waals surface area contributed by atoms with Gasteiger partial charge in [-0.05, 0) is 42.0 Å². The summed E-state index contributed by atoms with van der Waals surface area (Å²) in [5, 5.41) is 3.91. The maximum atomic E-state index is 13.7. The van der Waals surface area contributed by atoms with Gasteiger partial charge >= 0.3 is 0 Å². The van der Waals surface area contributed by atoms with E-state index in [1.165, 1.54) is 12.1 Å². The molecule has 5 nitrogen and oxygen atoms in total. The number of amides is 1. The fraction of sp³-hybridized carbons (Fsp3) is 0.192. The zero-order valence-electron chi connectivity index (χ0n) is 17.5. The van der Waals surface area contributed by atoms with Crippen LogP contribution in [0.5, 0.6) is 0 Å². The highest BCUT2D eigenvalue weighted by Gasteiger charge is 2.31. The standard InChI is InChI=1S/C26H23FN2O3/c27-20-12-10-18(11-13-20)24(29-14-16-31-17-15-29)25-23(21-8-4-5-9-22(21)32-25)28-26(30)19-6-2-1-3-7-19/h1-13,24H,14-17H2,(H,28,30)/t24-/m0/s1. The molecule has 2 heterocycles. The highest BCUT2D eigenvalue weighted by Crippen LogP contribution is 2.40. The first-order chi connectivity index (χ1) is 15.7. The van der Waals surface area contributed by atoms with Gasteiger partial charge in [0.15, 0.2) is 0 Å². The zero-order valence-corrected chi connectivity index (χ0v) is 17.5. The van der Waals surface area contributed by atoms with Crippen molar-refractivity contribution in [3.05, 3.63) is 102 Å². The number of rotatable bonds is 5. The molecule has 6 heteroatoms. The van der Waals surface area contributed by atoms with E-state index in [0.717, 1.165) is 10.9 Å². The maximum absolute atomic E-state index is 13.7. The highest BCUT2D eigenvalue weighted by molar-refractivity contribution is 6.09. The minimum atomic E-state index is -0.295. The Morgan fingerprint density at radius 1 is 0.906 bits per heavy atom. The lowest BCUT2D eigenvalue weighted by atomic mass is 10.00. The van der Waals surface area contributed by atoms with Gasteiger partial charge in [0.1, 0.15) is 17.2 Å². The molecule has 5 rings (SSSR count). The van der Waals surface area contributed by atoms with E-state index in [1.54, 1.807) is 24.3 Å². The Hall–Kier alpha value is -3.48. The van der Waals surface area contributed by atoms with E-state index in [2.05, 4.69) is 10.2 Å². The molecule has 3 aromatic carbocycles. The predicted octanol–water partition coefficient (Wildman–Crippen LogP) is 5.25. The number of carbonyl (C=O) groups is 1. The Morgan fingerprint density at radius 3 is 2.34 bits per heavy atom. The first kappa shape index (κ1) is 20.4. The van der Waals surface area contributed by atoms with Crippen LogP contribution in [0.1, 0.15) is 27.7 Å². The topological polar surface area (TPSA) is 54.7 Å². The van der Waals surface area contributed by atoms with Crippen LogP contribution < -0.4 is 5.32 Å². The normalized spacial score (nSPS) is 15.5. The van der Waals surface area contributed by atoms with E-state index in [-0.39, 0.29) is 17.8 Å². The molecule has 1 atom stereocenters. The van der Waals surface area contributed by atoms with Crippen LogP contribution in [0, 0.1) is 5.82 Å². The van der Waals surface area contributed by atoms with Crippen molar-refractivity contribution in [3.63, 3.8) is 0 Å². The molecule has 4 aromatic rings. The van der Waals surface area contributed by atoms with Gasteiger partial charge in [-0.15, -0.1) is 0 Å². The van der Waals surface area contributed by atoms with E-state index >= 15 is 0 Å². The van der Waals surface area contributed by atoms with E-state index in [4.69, 9.17) is 9.15 Å². The first-order valence-corrected chi connectivity index (χ1v) is 10.7. The van der Waals surface area contributed by atoms with Gasteiger partial charge in [-0.25, -0.2) is 4.39 Å². The number of para-hydroxylation sites is 1. The van der Waals surface area contributed by atoms with Gasteiger partial charge in [0.05, 0.1) is 24.9 Å². The number of nitrogens with one attached hydrogen (secondary N) is 1. The van der Waals surface area contributed by atoms with Crippen molar-refractivity contribution in [2.45, 2.75) is 6.04 Å². The Labute approximate surface area is 185 Å². The van der Waals surface area contributed by atoms with Gasteiger partial charge in [0.2, 0.25) is 0 Å². The number of furan rings is 1. The molecule has 1 aliphatic heterocycles. The summed E-state index contributed by atoms with van der Waals surface area (Å²) in [5.41, 5.74) is 2.78. The summed E-state index contributed by atoms with van der Waals surface area (Å²) in [7, 11) is 0. The third-order valence-corrected chi connectivity index (χ3v) is 5.74. The number of hydrogen-bond donors (Lipinski definition) is 1. The number of morpholine rings is 1. The highest BCUT2D eigenvalue weighted by atomic mass is 19.1. The van der Waals surface area contributed by atoms with Crippen molar-refractivity contribution < 1.29 is 18.3 Å². The fourth-order valence-corrected chi connectivity index (χ4v) is 4.17. The van der Waals surface area contributed by atoms with Crippen molar-refractivity contribution in [1.82, 2.24) is 4.90 Å². The van der Waals surface area contributed by atoms with Crippen LogP contribution in [0.15, 0.2) is 83.3 Å². The number of nitrogens with zero attached hydrogens (tertiary/aromatic N) is 1. The predicted molar refractivity (Wildman–Crippen MR) is 121 cm³/mol. The third-order valence-electron chi connectivity index (χ3n) is 5.74. The average molecular weight is 430 g/mol. The Morgan fingerprint density at radius 2 is 1.59 bits per heavy atom. The zero-order chi connectivity index (χ0) is 21.9. The molecule has 1 N–H and O–H groups in total. The molecule has 0 spiro atoms. The molecule has 1 amide bonds. The van der Waals surface area contributed by atoms with Crippen LogP contribution in [0.2, 0.25) is 0 Å². The smallest absolute Gasteiger partial charge is 0.255 e. The molecular weight excluding hydrogens is 407 g/mol. The molecule has 1 saturated heterocycles. The lowest BCUT2D eigenvalue weighted by Crippen LogP contribution is -2.39. The number of ether oxygens (including phenoxy) is 1. The van der Waals surface area contributed by atoms with Gasteiger partial charge in [-0.2, -0.15) is 0 Å². The van der Waals surface area contributed by atoms with Crippen molar-refractivity contribution >= 4 is 22.6 Å². The van der Waals surface area contributed by atoms with Gasteiger partial charge < -0.3 is 14.5 Å². The maximum Gasteiger partial charge on any atom is 0.255 e. The fourth-order valence-electron chi connectivity index (χ4n) is 4.17. The average Bonchev–Trinajstić information content (AvgIpc) is 3.19. The second-order valence-corrected chi connectivity index (χ2v) is 7.76. The van der Waals surface area contributed by atoms with Crippen molar-refractivity contribution in [2.75, 3.05) is 31.6 Å². The van der Waals surface area contributed by atoms with Crippen LogP contribution in [-0.2, 0) is 4.74 Å². The summed E-state index contributed by atoms with van der Waals surface area (Å²) in [5.74, 6) is 0.124. The summed E-state index contributed by atoms with van der Waals surface area (Å²) < 4.78 is 25.6. The number of anilines is 1. The largest absolute Gasteiger partial charge is 0.457 e. The lowest BCUT2D eigenvalue weighted by molar-refractivity contribution is 0.0206. The molecule has 1 fully saturated rings. The molecule has 0 radical (unpaired) electrons. The number of carbonyl (C=O) groups excluding carboxylic acids is 1. The van der Waals surface area contributed by atoms with Gasteiger partial charge in [0.25, 0.3) is 5.91 Å². The van der Waals surface area contributed by atoms with Crippen molar-refractivity contribution in [1.29, 1.82) is 0 Å². The second kappa shape index (κ2) is 8.94. The molecule has 32 heavy (non-hydrogen) atoms. The summed E-state index contributed by atoms with van der Waals surface area (Å²) in [4.78, 5) is 15.3.